The van der Waals surface area contributed by atoms with E-state index in [1.54, 1.807) is 17.0 Å². The fourth-order valence-electron chi connectivity index (χ4n) is 3.01. The van der Waals surface area contributed by atoms with Gasteiger partial charge in [0, 0.05) is 11.7 Å². The van der Waals surface area contributed by atoms with E-state index in [0.717, 1.165) is 16.8 Å². The molecule has 0 unspecified atom stereocenters. The summed E-state index contributed by atoms with van der Waals surface area (Å²) < 4.78 is 5.71. The highest BCUT2D eigenvalue weighted by molar-refractivity contribution is 5.94. The number of rotatable bonds is 6. The second-order valence-corrected chi connectivity index (χ2v) is 6.70. The van der Waals surface area contributed by atoms with E-state index in [-0.39, 0.29) is 18.6 Å². The van der Waals surface area contributed by atoms with Crippen molar-refractivity contribution in [2.24, 2.45) is 0 Å². The Balaban J connectivity index is 1.65. The summed E-state index contributed by atoms with van der Waals surface area (Å²) in [6, 6.07) is 26.8. The van der Waals surface area contributed by atoms with E-state index >= 15 is 0 Å². The van der Waals surface area contributed by atoms with E-state index in [1.165, 1.54) is 0 Å². The van der Waals surface area contributed by atoms with Crippen LogP contribution in [0.4, 0.5) is 5.69 Å². The second kappa shape index (κ2) is 8.88. The maximum Gasteiger partial charge on any atom is 0.265 e. The molecule has 0 aliphatic rings. The molecule has 3 aromatic carbocycles. The second-order valence-electron chi connectivity index (χ2n) is 6.70. The van der Waals surface area contributed by atoms with Gasteiger partial charge in [0.05, 0.1) is 11.6 Å². The highest BCUT2D eigenvalue weighted by Crippen LogP contribution is 2.23. The van der Waals surface area contributed by atoms with Crippen LogP contribution < -0.4 is 9.64 Å². The molecular formula is C24H22N2O2. The zero-order valence-electron chi connectivity index (χ0n) is 16.0. The summed E-state index contributed by atoms with van der Waals surface area (Å²) in [4.78, 5) is 14.4. The first-order valence-electron chi connectivity index (χ1n) is 9.19. The third-order valence-electron chi connectivity index (χ3n) is 4.38. The summed E-state index contributed by atoms with van der Waals surface area (Å²) in [6.45, 7) is 3.94. The molecule has 3 rings (SSSR count). The topological polar surface area (TPSA) is 53.3 Å². The van der Waals surface area contributed by atoms with E-state index < -0.39 is 0 Å². The smallest absolute Gasteiger partial charge is 0.265 e. The molecule has 0 saturated carbocycles. The van der Waals surface area contributed by atoms with Gasteiger partial charge in [-0.15, -0.1) is 0 Å². The number of nitriles is 1. The Morgan fingerprint density at radius 2 is 1.50 bits per heavy atom. The lowest BCUT2D eigenvalue weighted by Gasteiger charge is -2.26. The lowest BCUT2D eigenvalue weighted by molar-refractivity contribution is -0.120. The minimum atomic E-state index is -0.0858. The third-order valence-corrected chi connectivity index (χ3v) is 4.38. The van der Waals surface area contributed by atoms with Gasteiger partial charge in [-0.1, -0.05) is 42.5 Å². The summed E-state index contributed by atoms with van der Waals surface area (Å²) in [7, 11) is 0. The summed E-state index contributed by atoms with van der Waals surface area (Å²) >= 11 is 0. The molecule has 4 nitrogen and oxygen atoms in total. The van der Waals surface area contributed by atoms with E-state index in [0.29, 0.717) is 11.3 Å². The zero-order chi connectivity index (χ0) is 19.9. The average Bonchev–Trinajstić information content (AvgIpc) is 2.73. The Kier molecular flexibility index (Phi) is 6.08. The van der Waals surface area contributed by atoms with Gasteiger partial charge < -0.3 is 9.64 Å². The monoisotopic (exact) mass is 370 g/mol. The number of amides is 1. The first-order chi connectivity index (χ1) is 13.6. The normalized spacial score (nSPS) is 10.4. The maximum atomic E-state index is 12.7. The molecule has 0 fully saturated rings. The Morgan fingerprint density at radius 3 is 2.04 bits per heavy atom. The van der Waals surface area contributed by atoms with E-state index in [4.69, 9.17) is 10.00 Å². The molecule has 0 aromatic heterocycles. The summed E-state index contributed by atoms with van der Waals surface area (Å²) in [5.41, 5.74) is 3.55. The van der Waals surface area contributed by atoms with Crippen molar-refractivity contribution in [2.45, 2.75) is 19.9 Å². The lowest BCUT2D eigenvalue weighted by atomic mass is 10.0. The molecule has 1 amide bonds. The van der Waals surface area contributed by atoms with Crippen LogP contribution in [0, 0.1) is 11.3 Å². The van der Waals surface area contributed by atoms with Crippen molar-refractivity contribution in [3.63, 3.8) is 0 Å². The number of hydrogen-bond acceptors (Lipinski definition) is 3. The number of carbonyl (C=O) groups excluding carboxylic acids is 1. The average molecular weight is 370 g/mol. The quantitative estimate of drug-likeness (QED) is 0.610. The first-order valence-corrected chi connectivity index (χ1v) is 9.19. The van der Waals surface area contributed by atoms with Gasteiger partial charge in [-0.05, 0) is 61.4 Å². The number of anilines is 1. The lowest BCUT2D eigenvalue weighted by Crippen LogP contribution is -2.40. The van der Waals surface area contributed by atoms with Crippen molar-refractivity contribution in [3.8, 4) is 22.9 Å². The van der Waals surface area contributed by atoms with Crippen LogP contribution in [0.15, 0.2) is 78.9 Å². The van der Waals surface area contributed by atoms with Crippen LogP contribution >= 0.6 is 0 Å². The van der Waals surface area contributed by atoms with Gasteiger partial charge in [-0.2, -0.15) is 5.26 Å². The van der Waals surface area contributed by atoms with Crippen molar-refractivity contribution < 1.29 is 9.53 Å². The molecule has 140 valence electrons. The zero-order valence-corrected chi connectivity index (χ0v) is 16.0. The number of para-hydroxylation sites is 1. The summed E-state index contributed by atoms with van der Waals surface area (Å²) in [6.07, 6.45) is 0. The molecule has 0 bridgehead atoms. The number of hydrogen-bond donors (Lipinski definition) is 0. The Bertz CT molecular complexity index is 956. The molecule has 3 aromatic rings. The standard InChI is InChI=1S/C24H22N2O2/c1-18(2)26(22-6-4-3-5-7-22)24(27)17-28-23-14-12-21(13-15-23)20-10-8-19(16-25)9-11-20/h3-15,18H,17H2,1-2H3. The third kappa shape index (κ3) is 4.57. The van der Waals surface area contributed by atoms with Crippen LogP contribution in [0.5, 0.6) is 5.75 Å². The summed E-state index contributed by atoms with van der Waals surface area (Å²) in [5.74, 6) is 0.555. The minimum Gasteiger partial charge on any atom is -0.484 e. The fourth-order valence-corrected chi connectivity index (χ4v) is 3.01. The molecule has 0 aliphatic heterocycles. The highest BCUT2D eigenvalue weighted by Gasteiger charge is 2.19. The Labute approximate surface area is 165 Å². The van der Waals surface area contributed by atoms with Gasteiger partial charge in [0.2, 0.25) is 0 Å². The van der Waals surface area contributed by atoms with Crippen molar-refractivity contribution >= 4 is 11.6 Å². The predicted octanol–water partition coefficient (Wildman–Crippen LogP) is 5.05. The molecule has 0 atom stereocenters. The van der Waals surface area contributed by atoms with Crippen molar-refractivity contribution in [3.05, 3.63) is 84.4 Å². The van der Waals surface area contributed by atoms with Crippen LogP contribution in [0.2, 0.25) is 0 Å². The van der Waals surface area contributed by atoms with E-state index in [9.17, 15) is 4.79 Å². The van der Waals surface area contributed by atoms with Crippen molar-refractivity contribution in [1.82, 2.24) is 0 Å². The van der Waals surface area contributed by atoms with Crippen LogP contribution in [0.1, 0.15) is 19.4 Å². The first kappa shape index (κ1) is 19.2. The number of ether oxygens (including phenoxy) is 1. The molecule has 0 N–H and O–H groups in total. The predicted molar refractivity (Wildman–Crippen MR) is 111 cm³/mol. The molecular weight excluding hydrogens is 348 g/mol. The Hall–Kier alpha value is -3.58. The molecule has 0 spiro atoms. The fraction of sp³-hybridized carbons (Fsp3) is 0.167. The van der Waals surface area contributed by atoms with E-state index in [1.807, 2.05) is 80.6 Å². The van der Waals surface area contributed by atoms with Crippen LogP contribution in [0.25, 0.3) is 11.1 Å². The van der Waals surface area contributed by atoms with Gasteiger partial charge in [0.1, 0.15) is 5.75 Å². The van der Waals surface area contributed by atoms with Crippen molar-refractivity contribution in [2.75, 3.05) is 11.5 Å². The van der Waals surface area contributed by atoms with Crippen LogP contribution in [-0.4, -0.2) is 18.6 Å². The molecule has 28 heavy (non-hydrogen) atoms. The van der Waals surface area contributed by atoms with E-state index in [2.05, 4.69) is 6.07 Å². The number of carbonyl (C=O) groups is 1. The molecule has 0 heterocycles. The van der Waals surface area contributed by atoms with Gasteiger partial charge in [0.15, 0.2) is 6.61 Å². The van der Waals surface area contributed by atoms with Gasteiger partial charge in [0.25, 0.3) is 5.91 Å². The SMILES string of the molecule is CC(C)N(C(=O)COc1ccc(-c2ccc(C#N)cc2)cc1)c1ccccc1. The molecule has 0 radical (unpaired) electrons. The number of benzene rings is 3. The highest BCUT2D eigenvalue weighted by atomic mass is 16.5. The van der Waals surface area contributed by atoms with Crippen LogP contribution in [0.3, 0.4) is 0 Å². The molecule has 0 aliphatic carbocycles. The van der Waals surface area contributed by atoms with Crippen LogP contribution in [-0.2, 0) is 4.79 Å². The molecule has 4 heteroatoms. The largest absolute Gasteiger partial charge is 0.484 e. The Morgan fingerprint density at radius 1 is 0.929 bits per heavy atom. The number of nitrogens with zero attached hydrogens (tertiary/aromatic N) is 2. The van der Waals surface area contributed by atoms with Gasteiger partial charge in [-0.3, -0.25) is 4.79 Å². The van der Waals surface area contributed by atoms with Gasteiger partial charge >= 0.3 is 0 Å². The summed E-state index contributed by atoms with van der Waals surface area (Å²) in [5, 5.41) is 8.89. The van der Waals surface area contributed by atoms with Crippen molar-refractivity contribution in [1.29, 1.82) is 5.26 Å². The maximum absolute atomic E-state index is 12.7. The molecule has 0 saturated heterocycles. The minimum absolute atomic E-state index is 0.0245. The van der Waals surface area contributed by atoms with Gasteiger partial charge in [-0.25, -0.2) is 0 Å².